The van der Waals surface area contributed by atoms with E-state index in [1.807, 2.05) is 25.7 Å². The SMILES string of the molecule is C.C=NC1=[N+](C)C(=NC)c2c1c(C)c(C)c1c(C)c(C)c(C)c(C)c21.C=Nc1c2c(C)c(C)c3c(C)c(C)c(C)c(C)c3c2c(N=C)n1C. The Labute approximate surface area is 293 Å². The quantitative estimate of drug-likeness (QED) is 0.134. The highest BCUT2D eigenvalue weighted by Crippen LogP contribution is 2.47. The average molecular weight is 656 g/mol. The van der Waals surface area contributed by atoms with Gasteiger partial charge in [-0.2, -0.15) is 0 Å². The van der Waals surface area contributed by atoms with Gasteiger partial charge in [0.05, 0.1) is 31.9 Å². The van der Waals surface area contributed by atoms with E-state index < -0.39 is 0 Å². The summed E-state index contributed by atoms with van der Waals surface area (Å²) < 4.78 is 4.06. The Kier molecular flexibility index (Phi) is 9.82. The van der Waals surface area contributed by atoms with Crippen molar-refractivity contribution in [2.45, 2.75) is 90.5 Å². The van der Waals surface area contributed by atoms with E-state index in [9.17, 15) is 0 Å². The lowest BCUT2D eigenvalue weighted by atomic mass is 9.83. The van der Waals surface area contributed by atoms with E-state index in [4.69, 9.17) is 0 Å². The molecular formula is C43H55N6+. The summed E-state index contributed by atoms with van der Waals surface area (Å²) in [7, 11) is 5.86. The third kappa shape index (κ3) is 4.86. The molecule has 256 valence electrons. The number of aryl methyl sites for hydroxylation is 7. The highest BCUT2D eigenvalue weighted by molar-refractivity contribution is 6.24. The molecule has 0 saturated heterocycles. The first-order chi connectivity index (χ1) is 22.5. The summed E-state index contributed by atoms with van der Waals surface area (Å²) in [6.07, 6.45) is 0. The Morgan fingerprint density at radius 3 is 1.27 bits per heavy atom. The van der Waals surface area contributed by atoms with Crippen LogP contribution in [0.3, 0.4) is 0 Å². The molecule has 0 fully saturated rings. The maximum atomic E-state index is 4.59. The van der Waals surface area contributed by atoms with Crippen molar-refractivity contribution in [1.29, 1.82) is 0 Å². The van der Waals surface area contributed by atoms with Crippen molar-refractivity contribution in [3.05, 3.63) is 77.9 Å². The van der Waals surface area contributed by atoms with Crippen molar-refractivity contribution >= 4 is 75.8 Å². The van der Waals surface area contributed by atoms with Gasteiger partial charge in [-0.3, -0.25) is 0 Å². The fourth-order valence-corrected chi connectivity index (χ4v) is 8.26. The number of amidine groups is 2. The zero-order chi connectivity index (χ0) is 35.8. The molecule has 49 heavy (non-hydrogen) atoms. The van der Waals surface area contributed by atoms with Gasteiger partial charge in [-0.15, -0.1) is 9.98 Å². The minimum absolute atomic E-state index is 0. The van der Waals surface area contributed by atoms with Crippen LogP contribution in [0.2, 0.25) is 0 Å². The van der Waals surface area contributed by atoms with Gasteiger partial charge in [-0.25, -0.2) is 14.6 Å². The first kappa shape index (κ1) is 37.1. The van der Waals surface area contributed by atoms with E-state index in [0.29, 0.717) is 0 Å². The number of benzene rings is 4. The van der Waals surface area contributed by atoms with Crippen LogP contribution in [0.15, 0.2) is 20.0 Å². The Hall–Kier alpha value is -4.71. The first-order valence-corrected chi connectivity index (χ1v) is 16.6. The van der Waals surface area contributed by atoms with E-state index in [2.05, 4.69) is 128 Å². The number of fused-ring (bicyclic) bond motifs is 6. The van der Waals surface area contributed by atoms with Crippen LogP contribution in [0.4, 0.5) is 11.6 Å². The molecular weight excluding hydrogens is 601 g/mol. The lowest BCUT2D eigenvalue weighted by molar-refractivity contribution is -0.366. The fourth-order valence-electron chi connectivity index (χ4n) is 8.26. The maximum Gasteiger partial charge on any atom is 0.270 e. The number of hydrogen-bond donors (Lipinski definition) is 0. The highest BCUT2D eigenvalue weighted by Gasteiger charge is 2.36. The topological polar surface area (TPSA) is 57.4 Å². The minimum atomic E-state index is 0. The van der Waals surface area contributed by atoms with Crippen molar-refractivity contribution in [3.63, 3.8) is 0 Å². The lowest BCUT2D eigenvalue weighted by Crippen LogP contribution is -2.16. The molecule has 0 spiro atoms. The molecule has 5 aromatic rings. The largest absolute Gasteiger partial charge is 0.313 e. The summed E-state index contributed by atoms with van der Waals surface area (Å²) in [5, 5.41) is 7.60. The maximum absolute atomic E-state index is 4.59. The van der Waals surface area contributed by atoms with Gasteiger partial charge >= 0.3 is 0 Å². The monoisotopic (exact) mass is 655 g/mol. The molecule has 0 amide bonds. The van der Waals surface area contributed by atoms with Crippen molar-refractivity contribution in [1.82, 2.24) is 4.57 Å². The molecule has 4 aromatic carbocycles. The number of aliphatic imine (C=N–C) groups is 4. The van der Waals surface area contributed by atoms with Gasteiger partial charge in [-0.05, 0) is 179 Å². The van der Waals surface area contributed by atoms with Crippen LogP contribution in [0, 0.1) is 83.1 Å². The molecule has 6 nitrogen and oxygen atoms in total. The molecule has 0 atom stereocenters. The van der Waals surface area contributed by atoms with Crippen LogP contribution in [0.25, 0.3) is 32.3 Å². The molecule has 1 aliphatic heterocycles. The third-order valence-corrected chi connectivity index (χ3v) is 11.8. The van der Waals surface area contributed by atoms with Gasteiger partial charge < -0.3 is 4.57 Å². The number of hydrogen-bond acceptors (Lipinski definition) is 4. The van der Waals surface area contributed by atoms with E-state index in [1.54, 1.807) is 0 Å². The summed E-state index contributed by atoms with van der Waals surface area (Å²) in [6.45, 7) is 37.9. The lowest BCUT2D eigenvalue weighted by Gasteiger charge is -2.20. The van der Waals surface area contributed by atoms with Gasteiger partial charge in [0.2, 0.25) is 0 Å². The average Bonchev–Trinajstić information content (AvgIpc) is 3.52. The molecule has 6 heteroatoms. The molecule has 0 aliphatic carbocycles. The van der Waals surface area contributed by atoms with Crippen LogP contribution >= 0.6 is 0 Å². The molecule has 0 saturated carbocycles. The van der Waals surface area contributed by atoms with E-state index in [1.165, 1.54) is 99.4 Å². The molecule has 2 heterocycles. The molecule has 1 aliphatic rings. The van der Waals surface area contributed by atoms with Gasteiger partial charge in [0, 0.05) is 23.2 Å². The Bertz CT molecular complexity index is 2370. The van der Waals surface area contributed by atoms with Crippen LogP contribution < -0.4 is 0 Å². The molecule has 6 rings (SSSR count). The van der Waals surface area contributed by atoms with E-state index in [0.717, 1.165) is 34.1 Å². The van der Waals surface area contributed by atoms with Crippen LogP contribution in [-0.2, 0) is 7.05 Å². The van der Waals surface area contributed by atoms with Gasteiger partial charge in [0.15, 0.2) is 0 Å². The predicted molar refractivity (Wildman–Crippen MR) is 219 cm³/mol. The van der Waals surface area contributed by atoms with Crippen molar-refractivity contribution in [2.75, 3.05) is 14.1 Å². The number of nitrogens with zero attached hydrogens (tertiary/aromatic N) is 6. The smallest absolute Gasteiger partial charge is 0.270 e. The zero-order valence-electron chi connectivity index (χ0n) is 31.8. The molecule has 0 radical (unpaired) electrons. The van der Waals surface area contributed by atoms with Crippen molar-refractivity contribution in [3.8, 4) is 0 Å². The summed E-state index contributed by atoms with van der Waals surface area (Å²) in [4.78, 5) is 17.5. The molecule has 0 unspecified atom stereocenters. The number of rotatable bonds is 2. The summed E-state index contributed by atoms with van der Waals surface area (Å²) in [5.41, 5.74) is 18.4. The second-order valence-corrected chi connectivity index (χ2v) is 13.6. The van der Waals surface area contributed by atoms with Crippen LogP contribution in [0.5, 0.6) is 0 Å². The zero-order valence-corrected chi connectivity index (χ0v) is 31.8. The van der Waals surface area contributed by atoms with Crippen LogP contribution in [-0.4, -0.2) is 55.1 Å². The second kappa shape index (κ2) is 13.0. The second-order valence-electron chi connectivity index (χ2n) is 13.6. The Balaban J connectivity index is 0.000000216. The van der Waals surface area contributed by atoms with Crippen molar-refractivity contribution < 1.29 is 4.58 Å². The normalized spacial score (nSPS) is 13.2. The first-order valence-electron chi connectivity index (χ1n) is 16.6. The Morgan fingerprint density at radius 2 is 0.816 bits per heavy atom. The van der Waals surface area contributed by atoms with Gasteiger partial charge in [0.25, 0.3) is 11.7 Å². The molecule has 1 aromatic heterocycles. The van der Waals surface area contributed by atoms with E-state index >= 15 is 0 Å². The number of aromatic nitrogens is 1. The highest BCUT2D eigenvalue weighted by atomic mass is 15.1. The summed E-state index contributed by atoms with van der Waals surface area (Å²) in [6, 6.07) is 0. The molecule has 0 N–H and O–H groups in total. The molecule has 0 bridgehead atoms. The summed E-state index contributed by atoms with van der Waals surface area (Å²) >= 11 is 0. The standard InChI is InChI=1S/C21H26N3.C21H25N3.CH4/c2*1-10-11(2)13(4)17-16(12(10)3)14(5)15(6)18-19(17)21(23-8)24(9)20(18)22-7;/h7H2,1-6,8-9H3;7-8H2,1-6,9H3;1H4/q+1;;. The summed E-state index contributed by atoms with van der Waals surface area (Å²) in [5.74, 6) is 3.62. The van der Waals surface area contributed by atoms with Gasteiger partial charge in [-0.1, -0.05) is 7.43 Å². The van der Waals surface area contributed by atoms with Crippen LogP contribution in [0.1, 0.15) is 85.3 Å². The third-order valence-electron chi connectivity index (χ3n) is 11.8. The van der Waals surface area contributed by atoms with E-state index in [-0.39, 0.29) is 7.43 Å². The predicted octanol–water partition coefficient (Wildman–Crippen LogP) is 10.7. The van der Waals surface area contributed by atoms with Gasteiger partial charge in [0.1, 0.15) is 11.6 Å². The Morgan fingerprint density at radius 1 is 0.449 bits per heavy atom. The van der Waals surface area contributed by atoms with Crippen molar-refractivity contribution in [2.24, 2.45) is 27.0 Å². The minimum Gasteiger partial charge on any atom is -0.313 e. The fraction of sp³-hybridized carbons (Fsp3) is 0.372.